The minimum Gasteiger partial charge on any atom is -0.481 e. The Balaban J connectivity index is 2.14. The molecule has 22 heavy (non-hydrogen) atoms. The van der Waals surface area contributed by atoms with Gasteiger partial charge in [0.05, 0.1) is 24.6 Å². The average molecular weight is 332 g/mol. The molecule has 2 saturated heterocycles. The van der Waals surface area contributed by atoms with Crippen LogP contribution >= 0.6 is 11.8 Å². The highest BCUT2D eigenvalue weighted by atomic mass is 32.2. The number of carboxylic acids is 2. The number of nitrogens with two attached hydrogens (primary N) is 1. The molecule has 0 aliphatic carbocycles. The number of hydrogen-bond acceptors (Lipinski definition) is 7. The maximum Gasteiger partial charge on any atom is 0.351 e. The quantitative estimate of drug-likeness (QED) is 0.419. The molecule has 0 spiro atoms. The Morgan fingerprint density at radius 1 is 1.41 bits per heavy atom. The summed E-state index contributed by atoms with van der Waals surface area (Å²) in [6, 6.07) is -0.679. The van der Waals surface area contributed by atoms with Gasteiger partial charge < -0.3 is 25.6 Å². The van der Waals surface area contributed by atoms with Gasteiger partial charge in [0.25, 0.3) is 0 Å². The summed E-state index contributed by atoms with van der Waals surface area (Å²) in [5, 5.41) is 17.1. The molecule has 2 aliphatic heterocycles. The van der Waals surface area contributed by atoms with Gasteiger partial charge in [-0.3, -0.25) is 14.4 Å². The zero-order valence-electron chi connectivity index (χ0n) is 11.7. The van der Waals surface area contributed by atoms with Gasteiger partial charge in [-0.2, -0.15) is 0 Å². The summed E-state index contributed by atoms with van der Waals surface area (Å²) < 4.78 is 5.08. The summed E-state index contributed by atoms with van der Waals surface area (Å²) in [6.45, 7) is 1.29. The van der Waals surface area contributed by atoms with Crippen molar-refractivity contribution in [2.24, 2.45) is 5.73 Å². The number of carbonyl (C=O) groups excluding carboxylic acids is 2. The van der Waals surface area contributed by atoms with E-state index in [4.69, 9.17) is 15.6 Å². The number of aliphatic carboxylic acids is 2. The van der Waals surface area contributed by atoms with E-state index < -0.39 is 53.5 Å². The van der Waals surface area contributed by atoms with E-state index in [-0.39, 0.29) is 11.9 Å². The maximum absolute atomic E-state index is 11.7. The van der Waals surface area contributed by atoms with E-state index in [2.05, 4.69) is 0 Å². The summed E-state index contributed by atoms with van der Waals surface area (Å²) >= 11 is 1.16. The smallest absolute Gasteiger partial charge is 0.351 e. The molecule has 4 N–H and O–H groups in total. The molecular weight excluding hydrogens is 316 g/mol. The second kappa shape index (κ2) is 5.76. The van der Waals surface area contributed by atoms with Crippen molar-refractivity contribution in [3.63, 3.8) is 0 Å². The first-order chi connectivity index (χ1) is 10.2. The van der Waals surface area contributed by atoms with Crippen molar-refractivity contribution in [2.75, 3.05) is 6.54 Å². The molecule has 1 amide bonds. The Morgan fingerprint density at radius 3 is 2.59 bits per heavy atom. The molecule has 2 heterocycles. The van der Waals surface area contributed by atoms with Crippen LogP contribution in [0.4, 0.5) is 0 Å². The van der Waals surface area contributed by atoms with Crippen molar-refractivity contribution in [1.82, 2.24) is 4.90 Å². The zero-order valence-corrected chi connectivity index (χ0v) is 12.5. The predicted molar refractivity (Wildman–Crippen MR) is 73.9 cm³/mol. The molecule has 10 heteroatoms. The van der Waals surface area contributed by atoms with E-state index >= 15 is 0 Å². The topological polar surface area (TPSA) is 147 Å². The molecule has 2 rings (SSSR count). The van der Waals surface area contributed by atoms with E-state index in [0.29, 0.717) is 0 Å². The number of carbonyl (C=O) groups is 4. The Labute approximate surface area is 129 Å². The van der Waals surface area contributed by atoms with E-state index in [0.717, 1.165) is 11.8 Å². The van der Waals surface area contributed by atoms with Crippen LogP contribution in [0.3, 0.4) is 0 Å². The number of β-lactam (4-membered cyclic amide) rings is 1. The van der Waals surface area contributed by atoms with Crippen molar-refractivity contribution in [1.29, 1.82) is 0 Å². The number of thioether (sulfide) groups is 1. The van der Waals surface area contributed by atoms with Gasteiger partial charge in [-0.25, -0.2) is 4.79 Å². The number of rotatable bonds is 5. The number of amides is 1. The molecule has 0 radical (unpaired) electrons. The van der Waals surface area contributed by atoms with Gasteiger partial charge in [0.2, 0.25) is 11.5 Å². The molecule has 0 aromatic rings. The zero-order chi connectivity index (χ0) is 16.7. The Bertz CT molecular complexity index is 540. The summed E-state index contributed by atoms with van der Waals surface area (Å²) in [6.07, 6.45) is -0.884. The highest BCUT2D eigenvalue weighted by molar-refractivity contribution is 8.00. The van der Waals surface area contributed by atoms with Gasteiger partial charge >= 0.3 is 17.9 Å². The molecule has 2 fully saturated rings. The number of esters is 1. The number of fused-ring (bicyclic) bond motifs is 1. The van der Waals surface area contributed by atoms with Crippen molar-refractivity contribution in [2.45, 2.75) is 42.0 Å². The Hall–Kier alpha value is -1.81. The molecule has 4 atom stereocenters. The van der Waals surface area contributed by atoms with Crippen LogP contribution < -0.4 is 5.73 Å². The summed E-state index contributed by atoms with van der Waals surface area (Å²) in [7, 11) is 0. The van der Waals surface area contributed by atoms with Crippen LogP contribution in [-0.4, -0.2) is 67.7 Å². The van der Waals surface area contributed by atoms with Crippen molar-refractivity contribution in [3.05, 3.63) is 0 Å². The van der Waals surface area contributed by atoms with Gasteiger partial charge in [-0.1, -0.05) is 0 Å². The lowest BCUT2D eigenvalue weighted by molar-refractivity contribution is -0.186. The van der Waals surface area contributed by atoms with Crippen LogP contribution in [-0.2, 0) is 23.9 Å². The third-order valence-electron chi connectivity index (χ3n) is 3.79. The third kappa shape index (κ3) is 2.63. The van der Waals surface area contributed by atoms with E-state index in [1.807, 2.05) is 0 Å². The number of nitrogens with zero attached hydrogens (tertiary/aromatic N) is 1. The van der Waals surface area contributed by atoms with Crippen LogP contribution in [0.1, 0.15) is 19.8 Å². The number of ether oxygens (including phenoxy) is 1. The molecule has 9 nitrogen and oxygen atoms in total. The van der Waals surface area contributed by atoms with Crippen molar-refractivity contribution < 1.29 is 34.1 Å². The summed E-state index contributed by atoms with van der Waals surface area (Å²) in [5.74, 6) is -3.87. The highest BCUT2D eigenvalue weighted by Crippen LogP contribution is 2.44. The van der Waals surface area contributed by atoms with Gasteiger partial charge in [0.1, 0.15) is 11.4 Å². The minimum absolute atomic E-state index is 0.285. The van der Waals surface area contributed by atoms with Crippen molar-refractivity contribution in [3.8, 4) is 0 Å². The van der Waals surface area contributed by atoms with Gasteiger partial charge in [-0.05, 0) is 6.92 Å². The largest absolute Gasteiger partial charge is 0.481 e. The second-order valence-corrected chi connectivity index (χ2v) is 6.69. The predicted octanol–water partition coefficient (Wildman–Crippen LogP) is -1.15. The maximum atomic E-state index is 11.7. The molecule has 0 aromatic heterocycles. The molecule has 0 aromatic carbocycles. The fraction of sp³-hybridized carbons (Fsp3) is 0.667. The van der Waals surface area contributed by atoms with E-state index in [1.54, 1.807) is 6.92 Å². The monoisotopic (exact) mass is 332 g/mol. The van der Waals surface area contributed by atoms with Crippen LogP contribution in [0.15, 0.2) is 0 Å². The Kier molecular flexibility index (Phi) is 4.34. The third-order valence-corrected chi connectivity index (χ3v) is 5.40. The number of hydrogen-bond donors (Lipinski definition) is 3. The molecule has 122 valence electrons. The minimum atomic E-state index is -1.90. The lowest BCUT2D eigenvalue weighted by Crippen LogP contribution is -2.75. The highest BCUT2D eigenvalue weighted by Gasteiger charge is 2.61. The summed E-state index contributed by atoms with van der Waals surface area (Å²) in [4.78, 5) is 46.8. The first-order valence-corrected chi connectivity index (χ1v) is 7.52. The summed E-state index contributed by atoms with van der Waals surface area (Å²) in [5.41, 5.74) is 3.76. The molecular formula is C12H16N2O7S. The lowest BCUT2D eigenvalue weighted by Gasteiger charge is -2.54. The van der Waals surface area contributed by atoms with Crippen LogP contribution in [0.2, 0.25) is 0 Å². The van der Waals surface area contributed by atoms with Gasteiger partial charge in [0, 0.05) is 0 Å². The van der Waals surface area contributed by atoms with Gasteiger partial charge in [-0.15, -0.1) is 11.8 Å². The SMILES string of the molecule is CC1S[C@@H]2C(N)C(=O)N2CC1(OC(=O)CCC(=O)O)C(=O)O. The molecule has 0 bridgehead atoms. The average Bonchev–Trinajstić information content (AvgIpc) is 2.46. The fourth-order valence-electron chi connectivity index (χ4n) is 2.44. The van der Waals surface area contributed by atoms with E-state index in [1.165, 1.54) is 4.90 Å². The molecule has 0 saturated carbocycles. The first kappa shape index (κ1) is 16.6. The molecule has 2 aliphatic rings. The Morgan fingerprint density at radius 2 is 2.05 bits per heavy atom. The van der Waals surface area contributed by atoms with Crippen molar-refractivity contribution >= 4 is 35.6 Å². The van der Waals surface area contributed by atoms with Gasteiger partial charge in [0.15, 0.2) is 0 Å². The standard InChI is InChI=1S/C12H16N2O7S/c1-5-12(11(19)20,21-7(17)3-2-6(15)16)4-14-9(18)8(13)10(14)22-5/h5,8,10H,2-4,13H2,1H3,(H,15,16)(H,19,20)/t5?,8?,10-,12?/m1/s1. The van der Waals surface area contributed by atoms with Crippen LogP contribution in [0.25, 0.3) is 0 Å². The lowest BCUT2D eigenvalue weighted by atomic mass is 9.94. The molecule has 3 unspecified atom stereocenters. The second-order valence-electron chi connectivity index (χ2n) is 5.22. The van der Waals surface area contributed by atoms with Crippen LogP contribution in [0, 0.1) is 0 Å². The van der Waals surface area contributed by atoms with Crippen LogP contribution in [0.5, 0.6) is 0 Å². The first-order valence-electron chi connectivity index (χ1n) is 6.57. The van der Waals surface area contributed by atoms with E-state index in [9.17, 15) is 24.3 Å². The fourth-order valence-corrected chi connectivity index (χ4v) is 3.91. The number of carboxylic acid groups (broad SMARTS) is 2. The normalized spacial score (nSPS) is 33.6.